The lowest BCUT2D eigenvalue weighted by Crippen LogP contribution is -2.32. The molecule has 1 aliphatic heterocycles. The van der Waals surface area contributed by atoms with Gasteiger partial charge in [0.25, 0.3) is 0 Å². The van der Waals surface area contributed by atoms with Crippen molar-refractivity contribution in [2.45, 2.75) is 19.1 Å². The van der Waals surface area contributed by atoms with Crippen molar-refractivity contribution in [2.75, 3.05) is 24.5 Å². The first kappa shape index (κ1) is 18.2. The first-order valence-corrected chi connectivity index (χ1v) is 10.5. The van der Waals surface area contributed by atoms with Gasteiger partial charge in [0.1, 0.15) is 0 Å². The van der Waals surface area contributed by atoms with E-state index in [4.69, 9.17) is 11.6 Å². The second-order valence-corrected chi connectivity index (χ2v) is 8.85. The quantitative estimate of drug-likeness (QED) is 0.835. The van der Waals surface area contributed by atoms with Crippen LogP contribution in [0.3, 0.4) is 0 Å². The molecule has 3 rings (SSSR count). The molecule has 1 saturated heterocycles. The minimum Gasteiger partial charge on any atom is -0.371 e. The van der Waals surface area contributed by atoms with E-state index in [9.17, 15) is 8.42 Å². The molecule has 0 spiro atoms. The third-order valence-corrected chi connectivity index (χ3v) is 6.21. The number of rotatable bonds is 6. The average molecular weight is 379 g/mol. The number of halogens is 1. The number of nitrogens with zero attached hydrogens (tertiary/aromatic N) is 1. The predicted octanol–water partition coefficient (Wildman–Crippen LogP) is 3.59. The molecule has 1 heterocycles. The van der Waals surface area contributed by atoms with Crippen LogP contribution in [0.4, 0.5) is 5.69 Å². The molecule has 0 saturated carbocycles. The molecule has 0 aromatic heterocycles. The number of hydrogen-bond donors (Lipinski definition) is 1. The molecule has 2 aromatic carbocycles. The van der Waals surface area contributed by atoms with Gasteiger partial charge in [-0.05, 0) is 48.6 Å². The molecule has 1 aliphatic rings. The van der Waals surface area contributed by atoms with Crippen LogP contribution in [0, 0.1) is 12.8 Å². The van der Waals surface area contributed by atoms with Crippen molar-refractivity contribution in [3.8, 4) is 0 Å². The lowest BCUT2D eigenvalue weighted by molar-refractivity contribution is 0.541. The van der Waals surface area contributed by atoms with Crippen molar-refractivity contribution in [3.63, 3.8) is 0 Å². The lowest BCUT2D eigenvalue weighted by atomic mass is 10.1. The summed E-state index contributed by atoms with van der Waals surface area (Å²) < 4.78 is 27.4. The summed E-state index contributed by atoms with van der Waals surface area (Å²) in [6.07, 6.45) is 0.989. The Kier molecular flexibility index (Phi) is 5.67. The van der Waals surface area contributed by atoms with Gasteiger partial charge < -0.3 is 4.90 Å². The number of nitrogens with one attached hydrogen (secondary N) is 1. The van der Waals surface area contributed by atoms with Crippen LogP contribution in [0.2, 0.25) is 5.02 Å². The standard InChI is InChI=1S/C19H23ClN2O2S/c1-15-5-4-7-18(11-15)22-10-9-16(13-22)12-21-25(23,24)14-17-6-2-3-8-19(17)20/h2-8,11,16,21H,9-10,12-14H2,1H3. The number of sulfonamides is 1. The van der Waals surface area contributed by atoms with E-state index in [2.05, 4.69) is 40.8 Å². The zero-order chi connectivity index (χ0) is 17.9. The third-order valence-electron chi connectivity index (χ3n) is 4.55. The molecule has 2 aromatic rings. The highest BCUT2D eigenvalue weighted by Crippen LogP contribution is 2.24. The molecule has 1 N–H and O–H groups in total. The molecule has 4 nitrogen and oxygen atoms in total. The van der Waals surface area contributed by atoms with E-state index in [0.29, 0.717) is 23.0 Å². The van der Waals surface area contributed by atoms with E-state index in [1.54, 1.807) is 24.3 Å². The van der Waals surface area contributed by atoms with E-state index >= 15 is 0 Å². The summed E-state index contributed by atoms with van der Waals surface area (Å²) in [4.78, 5) is 2.32. The Morgan fingerprint density at radius 3 is 2.76 bits per heavy atom. The van der Waals surface area contributed by atoms with Gasteiger partial charge in [-0.3, -0.25) is 0 Å². The molecule has 0 aliphatic carbocycles. The van der Waals surface area contributed by atoms with E-state index in [-0.39, 0.29) is 5.75 Å². The number of anilines is 1. The molecular weight excluding hydrogens is 356 g/mol. The smallest absolute Gasteiger partial charge is 0.215 e. The minimum absolute atomic E-state index is 0.0824. The summed E-state index contributed by atoms with van der Waals surface area (Å²) >= 11 is 6.06. The second-order valence-electron chi connectivity index (χ2n) is 6.64. The fourth-order valence-corrected chi connectivity index (χ4v) is 4.71. The first-order valence-electron chi connectivity index (χ1n) is 8.45. The van der Waals surface area contributed by atoms with Gasteiger partial charge in [0.05, 0.1) is 5.75 Å². The Bertz CT molecular complexity index is 839. The number of benzene rings is 2. The summed E-state index contributed by atoms with van der Waals surface area (Å²) in [6, 6.07) is 15.5. The molecule has 0 bridgehead atoms. The molecule has 0 radical (unpaired) electrons. The fourth-order valence-electron chi connectivity index (χ4n) is 3.17. The Morgan fingerprint density at radius 1 is 1.20 bits per heavy atom. The largest absolute Gasteiger partial charge is 0.371 e. The van der Waals surface area contributed by atoms with Crippen LogP contribution in [0.5, 0.6) is 0 Å². The fraction of sp³-hybridized carbons (Fsp3) is 0.368. The van der Waals surface area contributed by atoms with Crippen LogP contribution in [-0.4, -0.2) is 28.1 Å². The Hall–Kier alpha value is -1.56. The minimum atomic E-state index is -3.39. The maximum Gasteiger partial charge on any atom is 0.215 e. The second kappa shape index (κ2) is 7.77. The highest BCUT2D eigenvalue weighted by atomic mass is 35.5. The third kappa shape index (κ3) is 4.97. The van der Waals surface area contributed by atoms with Crippen LogP contribution in [0.15, 0.2) is 48.5 Å². The summed E-state index contributed by atoms with van der Waals surface area (Å²) in [7, 11) is -3.39. The van der Waals surface area contributed by atoms with E-state index in [1.165, 1.54) is 11.3 Å². The van der Waals surface area contributed by atoms with Gasteiger partial charge in [-0.25, -0.2) is 13.1 Å². The van der Waals surface area contributed by atoms with Gasteiger partial charge in [-0.2, -0.15) is 0 Å². The van der Waals surface area contributed by atoms with Crippen LogP contribution < -0.4 is 9.62 Å². The van der Waals surface area contributed by atoms with Gasteiger partial charge in [-0.15, -0.1) is 0 Å². The molecule has 1 fully saturated rings. The van der Waals surface area contributed by atoms with Crippen molar-refractivity contribution >= 4 is 27.3 Å². The van der Waals surface area contributed by atoms with Crippen LogP contribution >= 0.6 is 11.6 Å². The molecule has 134 valence electrons. The zero-order valence-electron chi connectivity index (χ0n) is 14.3. The van der Waals surface area contributed by atoms with Crippen molar-refractivity contribution in [1.82, 2.24) is 4.72 Å². The van der Waals surface area contributed by atoms with Crippen molar-refractivity contribution in [1.29, 1.82) is 0 Å². The van der Waals surface area contributed by atoms with Crippen molar-refractivity contribution < 1.29 is 8.42 Å². The summed E-state index contributed by atoms with van der Waals surface area (Å²) in [6.45, 7) is 4.38. The van der Waals surface area contributed by atoms with Crippen LogP contribution in [0.1, 0.15) is 17.5 Å². The van der Waals surface area contributed by atoms with E-state index < -0.39 is 10.0 Å². The molecule has 25 heavy (non-hydrogen) atoms. The maximum absolute atomic E-state index is 12.3. The summed E-state index contributed by atoms with van der Waals surface area (Å²) in [5.41, 5.74) is 3.08. The predicted molar refractivity (Wildman–Crippen MR) is 104 cm³/mol. The van der Waals surface area contributed by atoms with Crippen LogP contribution in [-0.2, 0) is 15.8 Å². The normalized spacial score (nSPS) is 17.8. The molecule has 1 unspecified atom stereocenters. The maximum atomic E-state index is 12.3. The first-order chi connectivity index (χ1) is 11.9. The molecule has 1 atom stereocenters. The van der Waals surface area contributed by atoms with Gasteiger partial charge in [0, 0.05) is 30.3 Å². The molecule has 6 heteroatoms. The van der Waals surface area contributed by atoms with E-state index in [1.807, 2.05) is 0 Å². The number of aryl methyl sites for hydroxylation is 1. The molecule has 0 amide bonds. The Balaban J connectivity index is 1.54. The highest BCUT2D eigenvalue weighted by molar-refractivity contribution is 7.88. The monoisotopic (exact) mass is 378 g/mol. The highest BCUT2D eigenvalue weighted by Gasteiger charge is 2.24. The van der Waals surface area contributed by atoms with Crippen molar-refractivity contribution in [2.24, 2.45) is 5.92 Å². The van der Waals surface area contributed by atoms with Gasteiger partial charge in [-0.1, -0.05) is 41.9 Å². The summed E-state index contributed by atoms with van der Waals surface area (Å²) in [5, 5.41) is 0.486. The average Bonchev–Trinajstić information content (AvgIpc) is 3.04. The van der Waals surface area contributed by atoms with E-state index in [0.717, 1.165) is 19.5 Å². The zero-order valence-corrected chi connectivity index (χ0v) is 15.9. The number of hydrogen-bond acceptors (Lipinski definition) is 3. The van der Waals surface area contributed by atoms with Crippen molar-refractivity contribution in [3.05, 3.63) is 64.7 Å². The SMILES string of the molecule is Cc1cccc(N2CCC(CNS(=O)(=O)Cc3ccccc3Cl)C2)c1. The Morgan fingerprint density at radius 2 is 2.00 bits per heavy atom. The summed E-state index contributed by atoms with van der Waals surface area (Å²) in [5.74, 6) is 0.239. The Labute approximate surface area is 154 Å². The van der Waals surface area contributed by atoms with Gasteiger partial charge >= 0.3 is 0 Å². The topological polar surface area (TPSA) is 49.4 Å². The molecular formula is C19H23ClN2O2S. The van der Waals surface area contributed by atoms with Crippen LogP contribution in [0.25, 0.3) is 0 Å². The lowest BCUT2D eigenvalue weighted by Gasteiger charge is -2.19. The van der Waals surface area contributed by atoms with Gasteiger partial charge in [0.2, 0.25) is 10.0 Å². The van der Waals surface area contributed by atoms with Gasteiger partial charge in [0.15, 0.2) is 0 Å².